The van der Waals surface area contributed by atoms with Gasteiger partial charge in [-0.2, -0.15) is 0 Å². The third-order valence-electron chi connectivity index (χ3n) is 4.33. The van der Waals surface area contributed by atoms with Crippen molar-refractivity contribution in [3.05, 3.63) is 35.9 Å². The number of likely N-dealkylation sites (tertiary alicyclic amines) is 1. The van der Waals surface area contributed by atoms with Gasteiger partial charge in [-0.15, -0.1) is 0 Å². The molecule has 6 nitrogen and oxygen atoms in total. The summed E-state index contributed by atoms with van der Waals surface area (Å²) in [4.78, 5) is 25.5. The van der Waals surface area contributed by atoms with Crippen LogP contribution in [0.5, 0.6) is 0 Å². The molecule has 1 amide bonds. The van der Waals surface area contributed by atoms with E-state index in [9.17, 15) is 9.59 Å². The zero-order chi connectivity index (χ0) is 16.7. The largest absolute Gasteiger partial charge is 0.481 e. The number of carbonyl (C=O) groups excluding carboxylic acids is 1. The molecule has 0 aromatic heterocycles. The standard InChI is InChI=1S/C17H24N2O4/c1-2-19-10-8-17(9-11-19,12-15(20)21)18-16(22)23-13-14-6-4-3-5-7-14/h3-7H,2,8-13H2,1H3,(H,18,22)(H,20,21). The van der Waals surface area contributed by atoms with Gasteiger partial charge >= 0.3 is 12.1 Å². The summed E-state index contributed by atoms with van der Waals surface area (Å²) >= 11 is 0. The number of ether oxygens (including phenoxy) is 1. The second-order valence-corrected chi connectivity index (χ2v) is 5.97. The average Bonchev–Trinajstić information content (AvgIpc) is 2.54. The molecule has 1 heterocycles. The molecule has 126 valence electrons. The molecule has 0 radical (unpaired) electrons. The Morgan fingerprint density at radius 2 is 1.91 bits per heavy atom. The third-order valence-corrected chi connectivity index (χ3v) is 4.33. The lowest BCUT2D eigenvalue weighted by atomic mass is 9.84. The first kappa shape index (κ1) is 17.3. The zero-order valence-corrected chi connectivity index (χ0v) is 13.5. The van der Waals surface area contributed by atoms with Crippen LogP contribution in [0.25, 0.3) is 0 Å². The van der Waals surface area contributed by atoms with Gasteiger partial charge in [0.15, 0.2) is 0 Å². The van der Waals surface area contributed by atoms with E-state index in [-0.39, 0.29) is 13.0 Å². The Bertz CT molecular complexity index is 525. The second kappa shape index (κ2) is 7.97. The van der Waals surface area contributed by atoms with E-state index in [4.69, 9.17) is 9.84 Å². The zero-order valence-electron chi connectivity index (χ0n) is 13.5. The number of carboxylic acid groups (broad SMARTS) is 1. The molecule has 0 unspecified atom stereocenters. The van der Waals surface area contributed by atoms with Crippen molar-refractivity contribution >= 4 is 12.1 Å². The SMILES string of the molecule is CCN1CCC(CC(=O)O)(NC(=O)OCc2ccccc2)CC1. The van der Waals surface area contributed by atoms with Gasteiger partial charge in [0.05, 0.1) is 12.0 Å². The Morgan fingerprint density at radius 3 is 2.48 bits per heavy atom. The van der Waals surface area contributed by atoms with Crippen LogP contribution in [0, 0.1) is 0 Å². The highest BCUT2D eigenvalue weighted by Crippen LogP contribution is 2.26. The molecule has 1 fully saturated rings. The van der Waals surface area contributed by atoms with Crippen LogP contribution in [0.15, 0.2) is 30.3 Å². The fraction of sp³-hybridized carbons (Fsp3) is 0.529. The smallest absolute Gasteiger partial charge is 0.407 e. The maximum Gasteiger partial charge on any atom is 0.407 e. The summed E-state index contributed by atoms with van der Waals surface area (Å²) in [5, 5.41) is 12.0. The van der Waals surface area contributed by atoms with Crippen molar-refractivity contribution in [2.75, 3.05) is 19.6 Å². The highest BCUT2D eigenvalue weighted by Gasteiger charge is 2.38. The van der Waals surface area contributed by atoms with Crippen LogP contribution < -0.4 is 5.32 Å². The van der Waals surface area contributed by atoms with E-state index in [0.29, 0.717) is 12.8 Å². The number of hydrogen-bond donors (Lipinski definition) is 2. The lowest BCUT2D eigenvalue weighted by molar-refractivity contribution is -0.139. The average molecular weight is 320 g/mol. The molecule has 1 aliphatic rings. The Morgan fingerprint density at radius 1 is 1.26 bits per heavy atom. The molecule has 1 aromatic rings. The molecule has 2 N–H and O–H groups in total. The van der Waals surface area contributed by atoms with Gasteiger partial charge in [0, 0.05) is 13.1 Å². The summed E-state index contributed by atoms with van der Waals surface area (Å²) in [7, 11) is 0. The highest BCUT2D eigenvalue weighted by molar-refractivity contribution is 5.72. The summed E-state index contributed by atoms with van der Waals surface area (Å²) in [5.41, 5.74) is 0.182. The molecule has 23 heavy (non-hydrogen) atoms. The lowest BCUT2D eigenvalue weighted by Gasteiger charge is -2.40. The molecular formula is C17H24N2O4. The molecule has 1 aliphatic heterocycles. The van der Waals surface area contributed by atoms with Crippen LogP contribution >= 0.6 is 0 Å². The van der Waals surface area contributed by atoms with E-state index in [1.807, 2.05) is 30.3 Å². The molecule has 1 aromatic carbocycles. The topological polar surface area (TPSA) is 78.9 Å². The van der Waals surface area contributed by atoms with Gasteiger partial charge in [0.25, 0.3) is 0 Å². The number of carboxylic acids is 1. The fourth-order valence-electron chi connectivity index (χ4n) is 2.91. The predicted octanol–water partition coefficient (Wildman–Crippen LogP) is 2.24. The van der Waals surface area contributed by atoms with Crippen LogP contribution in [0.1, 0.15) is 31.7 Å². The fourth-order valence-corrected chi connectivity index (χ4v) is 2.91. The van der Waals surface area contributed by atoms with Gasteiger partial charge in [-0.3, -0.25) is 4.79 Å². The normalized spacial score (nSPS) is 17.4. The number of carbonyl (C=O) groups is 2. The summed E-state index contributed by atoms with van der Waals surface area (Å²) in [5.74, 6) is -0.904. The molecule has 6 heteroatoms. The molecular weight excluding hydrogens is 296 g/mol. The number of aliphatic carboxylic acids is 1. The number of rotatable bonds is 6. The Balaban J connectivity index is 1.92. The maximum absolute atomic E-state index is 12.1. The minimum Gasteiger partial charge on any atom is -0.481 e. The first-order valence-corrected chi connectivity index (χ1v) is 7.96. The predicted molar refractivity (Wildman–Crippen MR) is 86.1 cm³/mol. The van der Waals surface area contributed by atoms with Crippen LogP contribution in [0.4, 0.5) is 4.79 Å². The van der Waals surface area contributed by atoms with Gasteiger partial charge in [-0.1, -0.05) is 37.3 Å². The van der Waals surface area contributed by atoms with E-state index in [0.717, 1.165) is 25.2 Å². The van der Waals surface area contributed by atoms with E-state index in [1.54, 1.807) is 0 Å². The van der Waals surface area contributed by atoms with Gasteiger partial charge < -0.3 is 20.1 Å². The van der Waals surface area contributed by atoms with Crippen LogP contribution in [0.3, 0.4) is 0 Å². The number of alkyl carbamates (subject to hydrolysis) is 1. The number of amides is 1. The maximum atomic E-state index is 12.1. The molecule has 0 spiro atoms. The third kappa shape index (κ3) is 5.25. The first-order valence-electron chi connectivity index (χ1n) is 7.96. The van der Waals surface area contributed by atoms with E-state index < -0.39 is 17.6 Å². The Kier molecular flexibility index (Phi) is 5.98. The number of hydrogen-bond acceptors (Lipinski definition) is 4. The first-order chi connectivity index (χ1) is 11.0. The highest BCUT2D eigenvalue weighted by atomic mass is 16.5. The Hall–Kier alpha value is -2.08. The summed E-state index contributed by atoms with van der Waals surface area (Å²) < 4.78 is 5.23. The number of nitrogens with one attached hydrogen (secondary N) is 1. The summed E-state index contributed by atoms with van der Waals surface area (Å²) in [6.45, 7) is 4.75. The van der Waals surface area contributed by atoms with Crippen LogP contribution in [-0.2, 0) is 16.1 Å². The van der Waals surface area contributed by atoms with E-state index in [1.165, 1.54) is 0 Å². The van der Waals surface area contributed by atoms with Crippen molar-refractivity contribution in [1.82, 2.24) is 10.2 Å². The van der Waals surface area contributed by atoms with E-state index >= 15 is 0 Å². The van der Waals surface area contributed by atoms with E-state index in [2.05, 4.69) is 17.1 Å². The number of nitrogens with zero attached hydrogens (tertiary/aromatic N) is 1. The molecule has 1 saturated heterocycles. The summed E-state index contributed by atoms with van der Waals surface area (Å²) in [6.07, 6.45) is 0.603. The second-order valence-electron chi connectivity index (χ2n) is 5.97. The minimum absolute atomic E-state index is 0.0784. The van der Waals surface area contributed by atoms with Crippen LogP contribution in [0.2, 0.25) is 0 Å². The molecule has 0 bridgehead atoms. The molecule has 2 rings (SSSR count). The van der Waals surface area contributed by atoms with Gasteiger partial charge in [0.2, 0.25) is 0 Å². The minimum atomic E-state index is -0.904. The van der Waals surface area contributed by atoms with Crippen molar-refractivity contribution in [2.24, 2.45) is 0 Å². The molecule has 0 aliphatic carbocycles. The Labute approximate surface area is 136 Å². The quantitative estimate of drug-likeness (QED) is 0.840. The van der Waals surface area contributed by atoms with Gasteiger partial charge in [-0.25, -0.2) is 4.79 Å². The van der Waals surface area contributed by atoms with Crippen molar-refractivity contribution < 1.29 is 19.4 Å². The van der Waals surface area contributed by atoms with Gasteiger partial charge in [0.1, 0.15) is 6.61 Å². The summed E-state index contributed by atoms with van der Waals surface area (Å²) in [6, 6.07) is 9.40. The van der Waals surface area contributed by atoms with Crippen LogP contribution in [-0.4, -0.2) is 47.2 Å². The van der Waals surface area contributed by atoms with Crippen molar-refractivity contribution in [2.45, 2.75) is 38.3 Å². The number of benzene rings is 1. The lowest BCUT2D eigenvalue weighted by Crippen LogP contribution is -2.56. The van der Waals surface area contributed by atoms with Crippen molar-refractivity contribution in [1.29, 1.82) is 0 Å². The monoisotopic (exact) mass is 320 g/mol. The molecule has 0 saturated carbocycles. The molecule has 0 atom stereocenters. The number of piperidine rings is 1. The van der Waals surface area contributed by atoms with Crippen molar-refractivity contribution in [3.8, 4) is 0 Å². The van der Waals surface area contributed by atoms with Crippen molar-refractivity contribution in [3.63, 3.8) is 0 Å². The van der Waals surface area contributed by atoms with Gasteiger partial charge in [-0.05, 0) is 24.9 Å².